The Morgan fingerprint density at radius 2 is 1.84 bits per heavy atom. The van der Waals surface area contributed by atoms with E-state index < -0.39 is 11.9 Å². The number of anilines is 1. The van der Waals surface area contributed by atoms with Gasteiger partial charge in [0, 0.05) is 17.3 Å². The standard InChI is InChI=1S/C18H14ClN3O3/c19-14-8-9-15(17-13(14)7-4-10-20-17)25-11-16(23)22-18(24)21-12-5-2-1-3-6-12/h1-10H,11H2,(H2,21,22,23,24). The minimum absolute atomic E-state index is 0.324. The lowest BCUT2D eigenvalue weighted by molar-refractivity contribution is -0.121. The first-order valence-electron chi connectivity index (χ1n) is 7.45. The molecule has 0 radical (unpaired) electrons. The van der Waals surface area contributed by atoms with Gasteiger partial charge in [0.1, 0.15) is 11.3 Å². The smallest absolute Gasteiger partial charge is 0.325 e. The fourth-order valence-electron chi connectivity index (χ4n) is 2.22. The Morgan fingerprint density at radius 3 is 2.64 bits per heavy atom. The van der Waals surface area contributed by atoms with Crippen molar-refractivity contribution in [1.82, 2.24) is 10.3 Å². The van der Waals surface area contributed by atoms with E-state index in [0.717, 1.165) is 5.39 Å². The monoisotopic (exact) mass is 355 g/mol. The molecule has 2 aromatic carbocycles. The van der Waals surface area contributed by atoms with Gasteiger partial charge >= 0.3 is 6.03 Å². The molecule has 0 aliphatic carbocycles. The molecule has 0 saturated carbocycles. The maximum absolute atomic E-state index is 11.9. The van der Waals surface area contributed by atoms with Crippen molar-refractivity contribution >= 4 is 40.1 Å². The van der Waals surface area contributed by atoms with Gasteiger partial charge in [0.15, 0.2) is 6.61 Å². The number of nitrogens with zero attached hydrogens (tertiary/aromatic N) is 1. The molecule has 3 rings (SSSR count). The maximum Gasteiger partial charge on any atom is 0.325 e. The predicted molar refractivity (Wildman–Crippen MR) is 95.9 cm³/mol. The molecular weight excluding hydrogens is 342 g/mol. The van der Waals surface area contributed by atoms with Crippen LogP contribution in [-0.4, -0.2) is 23.5 Å². The summed E-state index contributed by atoms with van der Waals surface area (Å²) >= 11 is 6.11. The topological polar surface area (TPSA) is 80.3 Å². The van der Waals surface area contributed by atoms with Crippen molar-refractivity contribution in [3.8, 4) is 5.75 Å². The Hall–Kier alpha value is -3.12. The molecule has 0 fully saturated rings. The van der Waals surface area contributed by atoms with Gasteiger partial charge in [0.05, 0.1) is 5.02 Å². The summed E-state index contributed by atoms with van der Waals surface area (Å²) in [6, 6.07) is 15.1. The molecule has 25 heavy (non-hydrogen) atoms. The van der Waals surface area contributed by atoms with Crippen LogP contribution in [0.5, 0.6) is 5.75 Å². The van der Waals surface area contributed by atoms with Gasteiger partial charge in [0.25, 0.3) is 5.91 Å². The Balaban J connectivity index is 1.59. The highest BCUT2D eigenvalue weighted by atomic mass is 35.5. The van der Waals surface area contributed by atoms with Crippen molar-refractivity contribution in [2.24, 2.45) is 0 Å². The van der Waals surface area contributed by atoms with Crippen molar-refractivity contribution in [2.45, 2.75) is 0 Å². The van der Waals surface area contributed by atoms with Crippen LogP contribution in [-0.2, 0) is 4.79 Å². The van der Waals surface area contributed by atoms with Crippen molar-refractivity contribution in [3.63, 3.8) is 0 Å². The summed E-state index contributed by atoms with van der Waals surface area (Å²) in [6.45, 7) is -0.324. The number of benzene rings is 2. The molecule has 3 aromatic rings. The van der Waals surface area contributed by atoms with E-state index in [0.29, 0.717) is 22.0 Å². The molecule has 0 atom stereocenters. The minimum Gasteiger partial charge on any atom is -0.481 e. The van der Waals surface area contributed by atoms with Gasteiger partial charge in [-0.2, -0.15) is 0 Å². The van der Waals surface area contributed by atoms with Gasteiger partial charge < -0.3 is 10.1 Å². The van der Waals surface area contributed by atoms with Gasteiger partial charge in [0.2, 0.25) is 0 Å². The summed E-state index contributed by atoms with van der Waals surface area (Å²) in [7, 11) is 0. The number of carbonyl (C=O) groups is 2. The summed E-state index contributed by atoms with van der Waals surface area (Å²) in [5, 5.41) is 6.02. The third kappa shape index (κ3) is 4.24. The molecule has 2 N–H and O–H groups in total. The Bertz CT molecular complexity index is 916. The maximum atomic E-state index is 11.9. The van der Waals surface area contributed by atoms with Crippen molar-refractivity contribution < 1.29 is 14.3 Å². The van der Waals surface area contributed by atoms with Crippen LogP contribution in [0.3, 0.4) is 0 Å². The fraction of sp³-hybridized carbons (Fsp3) is 0.0556. The predicted octanol–water partition coefficient (Wildman–Crippen LogP) is 3.62. The van der Waals surface area contributed by atoms with Crippen molar-refractivity contribution in [1.29, 1.82) is 0 Å². The van der Waals surface area contributed by atoms with E-state index in [9.17, 15) is 9.59 Å². The lowest BCUT2D eigenvalue weighted by Gasteiger charge is -2.10. The summed E-state index contributed by atoms with van der Waals surface area (Å²) in [5.74, 6) is -0.161. The summed E-state index contributed by atoms with van der Waals surface area (Å²) in [4.78, 5) is 27.9. The second-order valence-corrected chi connectivity index (χ2v) is 5.51. The van der Waals surface area contributed by atoms with E-state index in [2.05, 4.69) is 15.6 Å². The van der Waals surface area contributed by atoms with Gasteiger partial charge in [-0.1, -0.05) is 29.8 Å². The molecule has 126 valence electrons. The number of fused-ring (bicyclic) bond motifs is 1. The van der Waals surface area contributed by atoms with Crippen LogP contribution in [0.15, 0.2) is 60.8 Å². The van der Waals surface area contributed by atoms with Crippen LogP contribution in [0.25, 0.3) is 10.9 Å². The number of hydrogen-bond acceptors (Lipinski definition) is 4. The third-order valence-corrected chi connectivity index (χ3v) is 3.65. The normalized spacial score (nSPS) is 10.3. The number of halogens is 1. The molecular formula is C18H14ClN3O3. The van der Waals surface area contributed by atoms with E-state index in [1.807, 2.05) is 12.1 Å². The highest BCUT2D eigenvalue weighted by Gasteiger charge is 2.11. The second kappa shape index (κ2) is 7.63. The fourth-order valence-corrected chi connectivity index (χ4v) is 2.43. The first-order valence-corrected chi connectivity index (χ1v) is 7.83. The van der Waals surface area contributed by atoms with Crippen LogP contribution in [0.1, 0.15) is 0 Å². The SMILES string of the molecule is O=C(COc1ccc(Cl)c2cccnc12)NC(=O)Nc1ccccc1. The summed E-state index contributed by atoms with van der Waals surface area (Å²) in [6.07, 6.45) is 1.61. The quantitative estimate of drug-likeness (QED) is 0.749. The summed E-state index contributed by atoms with van der Waals surface area (Å²) in [5.41, 5.74) is 1.14. The number of carbonyl (C=O) groups excluding carboxylic acids is 2. The number of pyridine rings is 1. The van der Waals surface area contributed by atoms with Crippen LogP contribution < -0.4 is 15.4 Å². The molecule has 1 aromatic heterocycles. The lowest BCUT2D eigenvalue weighted by Crippen LogP contribution is -2.37. The molecule has 0 aliphatic heterocycles. The van der Waals surface area contributed by atoms with Crippen LogP contribution in [0.4, 0.5) is 10.5 Å². The van der Waals surface area contributed by atoms with E-state index >= 15 is 0 Å². The molecule has 0 aliphatic rings. The zero-order valence-electron chi connectivity index (χ0n) is 13.0. The number of hydrogen-bond donors (Lipinski definition) is 2. The first kappa shape index (κ1) is 16.7. The van der Waals surface area contributed by atoms with E-state index in [-0.39, 0.29) is 6.61 Å². The summed E-state index contributed by atoms with van der Waals surface area (Å²) < 4.78 is 5.47. The number of nitrogens with one attached hydrogen (secondary N) is 2. The number of imide groups is 1. The van der Waals surface area contributed by atoms with Crippen LogP contribution in [0, 0.1) is 0 Å². The number of ether oxygens (including phenoxy) is 1. The molecule has 0 unspecified atom stereocenters. The van der Waals surface area contributed by atoms with Crippen LogP contribution >= 0.6 is 11.6 Å². The molecule has 7 heteroatoms. The minimum atomic E-state index is -0.626. The highest BCUT2D eigenvalue weighted by molar-refractivity contribution is 6.35. The molecule has 0 bridgehead atoms. The average molecular weight is 356 g/mol. The second-order valence-electron chi connectivity index (χ2n) is 5.10. The molecule has 0 saturated heterocycles. The number of para-hydroxylation sites is 1. The number of aromatic nitrogens is 1. The average Bonchev–Trinajstić information content (AvgIpc) is 2.62. The Labute approximate surface area is 148 Å². The Morgan fingerprint density at radius 1 is 1.04 bits per heavy atom. The first-order chi connectivity index (χ1) is 12.1. The lowest BCUT2D eigenvalue weighted by atomic mass is 10.2. The van der Waals surface area contributed by atoms with Gasteiger partial charge in [-0.3, -0.25) is 15.1 Å². The van der Waals surface area contributed by atoms with Crippen molar-refractivity contribution in [2.75, 3.05) is 11.9 Å². The number of urea groups is 1. The van der Waals surface area contributed by atoms with Gasteiger partial charge in [-0.25, -0.2) is 4.79 Å². The number of rotatable bonds is 4. The van der Waals surface area contributed by atoms with Gasteiger partial charge in [-0.15, -0.1) is 0 Å². The molecule has 1 heterocycles. The van der Waals surface area contributed by atoms with Gasteiger partial charge in [-0.05, 0) is 36.4 Å². The number of amides is 3. The van der Waals surface area contributed by atoms with E-state index in [4.69, 9.17) is 16.3 Å². The molecule has 0 spiro atoms. The Kier molecular flexibility index (Phi) is 5.11. The largest absolute Gasteiger partial charge is 0.481 e. The zero-order chi connectivity index (χ0) is 17.6. The molecule has 6 nitrogen and oxygen atoms in total. The van der Waals surface area contributed by atoms with Crippen LogP contribution in [0.2, 0.25) is 5.02 Å². The van der Waals surface area contributed by atoms with E-state index in [1.165, 1.54) is 0 Å². The molecule has 3 amide bonds. The van der Waals surface area contributed by atoms with Crippen molar-refractivity contribution in [3.05, 3.63) is 65.8 Å². The highest BCUT2D eigenvalue weighted by Crippen LogP contribution is 2.29. The zero-order valence-corrected chi connectivity index (χ0v) is 13.8. The third-order valence-electron chi connectivity index (χ3n) is 3.32. The van der Waals surface area contributed by atoms with E-state index in [1.54, 1.807) is 48.7 Å².